The van der Waals surface area contributed by atoms with Gasteiger partial charge in [-0.25, -0.2) is 0 Å². The van der Waals surface area contributed by atoms with Gasteiger partial charge in [-0.05, 0) is 30.3 Å². The van der Waals surface area contributed by atoms with E-state index in [-0.39, 0.29) is 17.7 Å². The van der Waals surface area contributed by atoms with Crippen LogP contribution < -0.4 is 10.7 Å². The quantitative estimate of drug-likeness (QED) is 0.724. The minimum atomic E-state index is -4.84. The fraction of sp³-hybridized carbons (Fsp3) is 0.0588. The van der Waals surface area contributed by atoms with Crippen molar-refractivity contribution >= 4 is 32.7 Å². The van der Waals surface area contributed by atoms with Gasteiger partial charge in [0.25, 0.3) is 0 Å². The van der Waals surface area contributed by atoms with E-state index in [4.69, 9.17) is 0 Å². The van der Waals surface area contributed by atoms with Crippen LogP contribution in [0, 0.1) is 0 Å². The Morgan fingerprint density at radius 2 is 1.84 bits per heavy atom. The topological polar surface area (TPSA) is 85.2 Å². The number of aromatic nitrogens is 1. The molecule has 0 fully saturated rings. The predicted molar refractivity (Wildman–Crippen MR) is 91.6 cm³/mol. The van der Waals surface area contributed by atoms with Crippen molar-refractivity contribution < 1.29 is 17.1 Å². The third kappa shape index (κ3) is 3.74. The number of pyridine rings is 1. The third-order valence-electron chi connectivity index (χ3n) is 3.60. The maximum absolute atomic E-state index is 13.0. The van der Waals surface area contributed by atoms with Crippen molar-refractivity contribution in [3.05, 3.63) is 71.0 Å². The van der Waals surface area contributed by atoms with Gasteiger partial charge in [-0.1, -0.05) is 18.2 Å². The standard InChI is InChI=1S/C17H13FN2O4S/c18-25(23,24)13-5-3-4-12(10-13)19-17(22)11-20-9-8-16(21)14-6-1-2-7-15(14)20/h1-10H,11H2,(H,19,22). The number of halogens is 1. The molecule has 0 aliphatic carbocycles. The summed E-state index contributed by atoms with van der Waals surface area (Å²) in [5.74, 6) is -0.442. The van der Waals surface area contributed by atoms with E-state index >= 15 is 0 Å². The number of carbonyl (C=O) groups excluding carboxylic acids is 1. The van der Waals surface area contributed by atoms with Crippen molar-refractivity contribution in [2.45, 2.75) is 11.4 Å². The van der Waals surface area contributed by atoms with Gasteiger partial charge >= 0.3 is 10.2 Å². The van der Waals surface area contributed by atoms with E-state index in [1.165, 1.54) is 24.4 Å². The largest absolute Gasteiger partial charge is 0.338 e. The molecular formula is C17H13FN2O4S. The van der Waals surface area contributed by atoms with E-state index in [9.17, 15) is 21.9 Å². The van der Waals surface area contributed by atoms with E-state index in [1.54, 1.807) is 28.8 Å². The maximum Gasteiger partial charge on any atom is 0.332 e. The van der Waals surface area contributed by atoms with Gasteiger partial charge < -0.3 is 9.88 Å². The first-order valence-corrected chi connectivity index (χ1v) is 8.66. The summed E-state index contributed by atoms with van der Waals surface area (Å²) in [7, 11) is -4.84. The molecule has 0 saturated heterocycles. The van der Waals surface area contributed by atoms with Crippen molar-refractivity contribution in [3.8, 4) is 0 Å². The van der Waals surface area contributed by atoms with Gasteiger partial charge in [0.1, 0.15) is 11.4 Å². The lowest BCUT2D eigenvalue weighted by molar-refractivity contribution is -0.116. The minimum Gasteiger partial charge on any atom is -0.338 e. The summed E-state index contributed by atoms with van der Waals surface area (Å²) in [6, 6.07) is 13.2. The molecule has 2 aromatic carbocycles. The second-order valence-corrected chi connectivity index (χ2v) is 6.69. The van der Waals surface area contributed by atoms with Crippen LogP contribution in [0.5, 0.6) is 0 Å². The van der Waals surface area contributed by atoms with Crippen LogP contribution in [0.1, 0.15) is 0 Å². The molecular weight excluding hydrogens is 347 g/mol. The van der Waals surface area contributed by atoms with Gasteiger partial charge in [0, 0.05) is 23.3 Å². The normalized spacial score (nSPS) is 11.4. The average Bonchev–Trinajstić information content (AvgIpc) is 2.57. The number of nitrogens with zero attached hydrogens (tertiary/aromatic N) is 1. The number of hydrogen-bond acceptors (Lipinski definition) is 4. The molecule has 0 unspecified atom stereocenters. The lowest BCUT2D eigenvalue weighted by atomic mass is 10.2. The van der Waals surface area contributed by atoms with Crippen LogP contribution in [-0.4, -0.2) is 18.9 Å². The van der Waals surface area contributed by atoms with Crippen LogP contribution in [-0.2, 0) is 21.6 Å². The maximum atomic E-state index is 13.0. The van der Waals surface area contributed by atoms with Crippen LogP contribution in [0.15, 0.2) is 70.5 Å². The highest BCUT2D eigenvalue weighted by atomic mass is 32.3. The van der Waals surface area contributed by atoms with E-state index in [0.29, 0.717) is 10.9 Å². The molecule has 25 heavy (non-hydrogen) atoms. The number of rotatable bonds is 4. The lowest BCUT2D eigenvalue weighted by Gasteiger charge is -2.11. The van der Waals surface area contributed by atoms with Gasteiger partial charge in [-0.2, -0.15) is 8.42 Å². The first kappa shape index (κ1) is 16.8. The predicted octanol–water partition coefficient (Wildman–Crippen LogP) is 2.30. The van der Waals surface area contributed by atoms with E-state index in [2.05, 4.69) is 5.32 Å². The number of nitrogens with one attached hydrogen (secondary N) is 1. The highest BCUT2D eigenvalue weighted by Gasteiger charge is 2.13. The smallest absolute Gasteiger partial charge is 0.332 e. The molecule has 8 heteroatoms. The van der Waals surface area contributed by atoms with Crippen LogP contribution >= 0.6 is 0 Å². The van der Waals surface area contributed by atoms with E-state index in [0.717, 1.165) is 12.1 Å². The molecule has 1 N–H and O–H groups in total. The molecule has 0 saturated carbocycles. The van der Waals surface area contributed by atoms with Crippen LogP contribution in [0.25, 0.3) is 10.9 Å². The summed E-state index contributed by atoms with van der Waals surface area (Å²) in [6.45, 7) is -0.0899. The molecule has 128 valence electrons. The summed E-state index contributed by atoms with van der Waals surface area (Å²) < 4.78 is 36.5. The molecule has 6 nitrogen and oxygen atoms in total. The number of anilines is 1. The molecule has 0 aliphatic rings. The number of amides is 1. The molecule has 0 spiro atoms. The molecule has 1 heterocycles. The lowest BCUT2D eigenvalue weighted by Crippen LogP contribution is -2.20. The molecule has 3 aromatic rings. The summed E-state index contributed by atoms with van der Waals surface area (Å²) in [5.41, 5.74) is 0.618. The van der Waals surface area contributed by atoms with Gasteiger partial charge in [0.2, 0.25) is 5.91 Å². The fourth-order valence-corrected chi connectivity index (χ4v) is 2.99. The molecule has 0 atom stereocenters. The molecule has 0 bridgehead atoms. The molecule has 3 rings (SSSR count). The average molecular weight is 360 g/mol. The number of hydrogen-bond donors (Lipinski definition) is 1. The monoisotopic (exact) mass is 360 g/mol. The zero-order valence-corrected chi connectivity index (χ0v) is 13.7. The first-order chi connectivity index (χ1) is 11.8. The highest BCUT2D eigenvalue weighted by molar-refractivity contribution is 7.86. The zero-order valence-electron chi connectivity index (χ0n) is 12.8. The number of para-hydroxylation sites is 1. The Kier molecular flexibility index (Phi) is 4.37. The van der Waals surface area contributed by atoms with Gasteiger partial charge in [0.05, 0.1) is 5.52 Å². The highest BCUT2D eigenvalue weighted by Crippen LogP contribution is 2.17. The Morgan fingerprint density at radius 1 is 1.08 bits per heavy atom. The molecule has 1 aromatic heterocycles. The Bertz CT molecular complexity index is 1120. The summed E-state index contributed by atoms with van der Waals surface area (Å²) in [5, 5.41) is 3.00. The number of benzene rings is 2. The number of carbonyl (C=O) groups is 1. The second-order valence-electron chi connectivity index (χ2n) is 5.34. The van der Waals surface area contributed by atoms with Crippen molar-refractivity contribution in [2.24, 2.45) is 0 Å². The fourth-order valence-electron chi connectivity index (χ4n) is 2.48. The Morgan fingerprint density at radius 3 is 2.60 bits per heavy atom. The summed E-state index contributed by atoms with van der Waals surface area (Å²) >= 11 is 0. The number of fused-ring (bicyclic) bond motifs is 1. The third-order valence-corrected chi connectivity index (χ3v) is 4.42. The summed E-state index contributed by atoms with van der Waals surface area (Å²) in [6.07, 6.45) is 1.51. The van der Waals surface area contributed by atoms with Crippen molar-refractivity contribution in [2.75, 3.05) is 5.32 Å². The second kappa shape index (κ2) is 6.48. The van der Waals surface area contributed by atoms with Crippen LogP contribution in [0.3, 0.4) is 0 Å². The van der Waals surface area contributed by atoms with Crippen molar-refractivity contribution in [1.82, 2.24) is 4.57 Å². The minimum absolute atomic E-state index is 0.0899. The van der Waals surface area contributed by atoms with Gasteiger partial charge in [-0.15, -0.1) is 3.89 Å². The van der Waals surface area contributed by atoms with Crippen LogP contribution in [0.4, 0.5) is 9.57 Å². The zero-order chi connectivity index (χ0) is 18.0. The van der Waals surface area contributed by atoms with Crippen LogP contribution in [0.2, 0.25) is 0 Å². The Hall–Kier alpha value is -3.00. The molecule has 0 aliphatic heterocycles. The Balaban J connectivity index is 1.85. The van der Waals surface area contributed by atoms with Crippen molar-refractivity contribution in [3.63, 3.8) is 0 Å². The SMILES string of the molecule is O=C(Cn1ccc(=O)c2ccccc21)Nc1cccc(S(=O)(=O)F)c1. The van der Waals surface area contributed by atoms with Crippen molar-refractivity contribution in [1.29, 1.82) is 0 Å². The Labute approximate surface area is 142 Å². The summed E-state index contributed by atoms with van der Waals surface area (Å²) in [4.78, 5) is 23.5. The van der Waals surface area contributed by atoms with E-state index < -0.39 is 21.0 Å². The van der Waals surface area contributed by atoms with E-state index in [1.807, 2.05) is 0 Å². The molecule has 1 amide bonds. The van der Waals surface area contributed by atoms with Gasteiger partial charge in [-0.3, -0.25) is 9.59 Å². The molecule has 0 radical (unpaired) electrons. The van der Waals surface area contributed by atoms with Gasteiger partial charge in [0.15, 0.2) is 5.43 Å². The first-order valence-electron chi connectivity index (χ1n) is 7.27.